The van der Waals surface area contributed by atoms with Gasteiger partial charge in [0, 0.05) is 6.04 Å². The minimum atomic E-state index is 0.233. The van der Waals surface area contributed by atoms with E-state index in [-0.39, 0.29) is 6.04 Å². The maximum Gasteiger partial charge on any atom is 0.131 e. The van der Waals surface area contributed by atoms with Crippen molar-refractivity contribution in [1.29, 1.82) is 0 Å². The number of hydrogen-bond acceptors (Lipinski definition) is 3. The third kappa shape index (κ3) is 3.15. The normalized spacial score (nSPS) is 12.4. The third-order valence-corrected chi connectivity index (χ3v) is 3.56. The lowest BCUT2D eigenvalue weighted by Crippen LogP contribution is -2.17. The van der Waals surface area contributed by atoms with Crippen LogP contribution in [0.15, 0.2) is 45.5 Å². The molecule has 0 spiro atoms. The fourth-order valence-electron chi connectivity index (χ4n) is 1.73. The Balaban J connectivity index is 1.99. The van der Waals surface area contributed by atoms with Crippen LogP contribution in [0.25, 0.3) is 0 Å². The van der Waals surface area contributed by atoms with Gasteiger partial charge >= 0.3 is 0 Å². The van der Waals surface area contributed by atoms with Crippen LogP contribution >= 0.6 is 15.9 Å². The highest BCUT2D eigenvalue weighted by molar-refractivity contribution is 9.10. The van der Waals surface area contributed by atoms with Crippen LogP contribution < -0.4 is 10.1 Å². The van der Waals surface area contributed by atoms with Gasteiger partial charge in [0.15, 0.2) is 0 Å². The maximum atomic E-state index is 5.36. The molecule has 0 amide bonds. The van der Waals surface area contributed by atoms with Gasteiger partial charge in [-0.1, -0.05) is 12.1 Å². The van der Waals surface area contributed by atoms with Gasteiger partial charge in [-0.3, -0.25) is 0 Å². The van der Waals surface area contributed by atoms with Gasteiger partial charge in [0.1, 0.15) is 11.5 Å². The second-order valence-electron chi connectivity index (χ2n) is 4.07. The molecule has 0 aliphatic heterocycles. The zero-order valence-electron chi connectivity index (χ0n) is 10.4. The molecule has 0 unspecified atom stereocenters. The average molecular weight is 310 g/mol. The smallest absolute Gasteiger partial charge is 0.131 e. The van der Waals surface area contributed by atoms with E-state index in [0.29, 0.717) is 6.54 Å². The van der Waals surface area contributed by atoms with E-state index in [9.17, 15) is 0 Å². The fourth-order valence-corrected chi connectivity index (χ4v) is 2.07. The molecule has 0 saturated heterocycles. The van der Waals surface area contributed by atoms with E-state index >= 15 is 0 Å². The first kappa shape index (κ1) is 13.2. The number of rotatable bonds is 5. The first-order chi connectivity index (χ1) is 8.70. The molecule has 0 radical (unpaired) electrons. The molecule has 0 saturated carbocycles. The lowest BCUT2D eigenvalue weighted by atomic mass is 10.1. The van der Waals surface area contributed by atoms with Gasteiger partial charge in [-0.15, -0.1) is 0 Å². The number of ether oxygens (including phenoxy) is 1. The summed E-state index contributed by atoms with van der Waals surface area (Å²) in [5.74, 6) is 1.78. The lowest BCUT2D eigenvalue weighted by molar-refractivity contribution is 0.412. The first-order valence-corrected chi connectivity index (χ1v) is 6.59. The van der Waals surface area contributed by atoms with Gasteiger partial charge in [-0.25, -0.2) is 0 Å². The Labute approximate surface area is 115 Å². The molecule has 96 valence electrons. The SMILES string of the molecule is COc1cccc([C@H](C)NCc2occc2Br)c1. The molecule has 0 aliphatic rings. The minimum Gasteiger partial charge on any atom is -0.497 e. The van der Waals surface area contributed by atoms with Crippen molar-refractivity contribution in [3.05, 3.63) is 52.4 Å². The highest BCUT2D eigenvalue weighted by atomic mass is 79.9. The molecular weight excluding hydrogens is 294 g/mol. The molecule has 1 N–H and O–H groups in total. The number of nitrogens with one attached hydrogen (secondary N) is 1. The molecule has 0 bridgehead atoms. The summed E-state index contributed by atoms with van der Waals surface area (Å²) in [6, 6.07) is 10.2. The Hall–Kier alpha value is -1.26. The van der Waals surface area contributed by atoms with E-state index in [1.807, 2.05) is 24.3 Å². The van der Waals surface area contributed by atoms with Crippen LogP contribution in [0.4, 0.5) is 0 Å². The van der Waals surface area contributed by atoms with Crippen molar-refractivity contribution in [2.24, 2.45) is 0 Å². The summed E-state index contributed by atoms with van der Waals surface area (Å²) in [6.45, 7) is 2.80. The van der Waals surface area contributed by atoms with E-state index in [0.717, 1.165) is 16.0 Å². The zero-order chi connectivity index (χ0) is 13.0. The van der Waals surface area contributed by atoms with E-state index in [4.69, 9.17) is 9.15 Å². The standard InChI is InChI=1S/C14H16BrNO2/c1-10(11-4-3-5-12(8-11)17-2)16-9-14-13(15)6-7-18-14/h3-8,10,16H,9H2,1-2H3/t10-/m0/s1. The molecule has 0 aliphatic carbocycles. The largest absolute Gasteiger partial charge is 0.497 e. The minimum absolute atomic E-state index is 0.233. The number of hydrogen-bond donors (Lipinski definition) is 1. The van der Waals surface area contributed by atoms with Crippen LogP contribution in [0, 0.1) is 0 Å². The lowest BCUT2D eigenvalue weighted by Gasteiger charge is -2.14. The first-order valence-electron chi connectivity index (χ1n) is 5.80. The Kier molecular flexibility index (Phi) is 4.44. The fraction of sp³-hybridized carbons (Fsp3) is 0.286. The van der Waals surface area contributed by atoms with E-state index in [2.05, 4.69) is 34.2 Å². The second kappa shape index (κ2) is 6.07. The Morgan fingerprint density at radius 2 is 2.22 bits per heavy atom. The number of halogens is 1. The average Bonchev–Trinajstić information content (AvgIpc) is 2.81. The Bertz CT molecular complexity index is 510. The zero-order valence-corrected chi connectivity index (χ0v) is 12.0. The van der Waals surface area contributed by atoms with Crippen molar-refractivity contribution in [3.63, 3.8) is 0 Å². The van der Waals surface area contributed by atoms with Crippen LogP contribution in [0.5, 0.6) is 5.75 Å². The molecule has 3 nitrogen and oxygen atoms in total. The Morgan fingerprint density at radius 1 is 1.39 bits per heavy atom. The predicted molar refractivity (Wildman–Crippen MR) is 74.7 cm³/mol. The van der Waals surface area contributed by atoms with Crippen LogP contribution in [0.2, 0.25) is 0 Å². The van der Waals surface area contributed by atoms with E-state index < -0.39 is 0 Å². The predicted octanol–water partition coefficient (Wildman–Crippen LogP) is 3.90. The van der Waals surface area contributed by atoms with Crippen molar-refractivity contribution < 1.29 is 9.15 Å². The summed E-state index contributed by atoms with van der Waals surface area (Å²) in [5.41, 5.74) is 1.19. The van der Waals surface area contributed by atoms with Crippen LogP contribution in [-0.2, 0) is 6.54 Å². The van der Waals surface area contributed by atoms with Gasteiger partial charge in [-0.05, 0) is 46.6 Å². The van der Waals surface area contributed by atoms with E-state index in [1.54, 1.807) is 13.4 Å². The molecule has 2 aromatic rings. The van der Waals surface area contributed by atoms with Gasteiger partial charge in [0.05, 0.1) is 24.4 Å². The summed E-state index contributed by atoms with van der Waals surface area (Å²) in [6.07, 6.45) is 1.68. The number of methoxy groups -OCH3 is 1. The van der Waals surface area contributed by atoms with Crippen LogP contribution in [0.3, 0.4) is 0 Å². The van der Waals surface area contributed by atoms with Crippen molar-refractivity contribution in [2.75, 3.05) is 7.11 Å². The number of benzene rings is 1. The number of furan rings is 1. The molecular formula is C14H16BrNO2. The van der Waals surface area contributed by atoms with Crippen molar-refractivity contribution in [3.8, 4) is 5.75 Å². The quantitative estimate of drug-likeness (QED) is 0.909. The molecule has 1 heterocycles. The molecule has 1 atom stereocenters. The molecule has 4 heteroatoms. The summed E-state index contributed by atoms with van der Waals surface area (Å²) >= 11 is 3.44. The second-order valence-corrected chi connectivity index (χ2v) is 4.93. The van der Waals surface area contributed by atoms with Gasteiger partial charge in [-0.2, -0.15) is 0 Å². The Morgan fingerprint density at radius 3 is 2.89 bits per heavy atom. The van der Waals surface area contributed by atoms with Crippen molar-refractivity contribution >= 4 is 15.9 Å². The molecule has 0 fully saturated rings. The molecule has 1 aromatic carbocycles. The highest BCUT2D eigenvalue weighted by Gasteiger charge is 2.08. The summed E-state index contributed by atoms with van der Waals surface area (Å²) in [4.78, 5) is 0. The van der Waals surface area contributed by atoms with E-state index in [1.165, 1.54) is 5.56 Å². The molecule has 2 rings (SSSR count). The third-order valence-electron chi connectivity index (χ3n) is 2.85. The summed E-state index contributed by atoms with van der Waals surface area (Å²) in [7, 11) is 1.68. The molecule has 1 aromatic heterocycles. The monoisotopic (exact) mass is 309 g/mol. The summed E-state index contributed by atoms with van der Waals surface area (Å²) < 4.78 is 11.6. The summed E-state index contributed by atoms with van der Waals surface area (Å²) in [5, 5.41) is 3.41. The van der Waals surface area contributed by atoms with Gasteiger partial charge in [0.2, 0.25) is 0 Å². The van der Waals surface area contributed by atoms with Crippen molar-refractivity contribution in [1.82, 2.24) is 5.32 Å². The molecule has 18 heavy (non-hydrogen) atoms. The van der Waals surface area contributed by atoms with Gasteiger partial charge in [0.25, 0.3) is 0 Å². The maximum absolute atomic E-state index is 5.36. The van der Waals surface area contributed by atoms with Crippen molar-refractivity contribution in [2.45, 2.75) is 19.5 Å². The topological polar surface area (TPSA) is 34.4 Å². The highest BCUT2D eigenvalue weighted by Crippen LogP contribution is 2.21. The van der Waals surface area contributed by atoms with Gasteiger partial charge < -0.3 is 14.5 Å². The van der Waals surface area contributed by atoms with Crippen LogP contribution in [-0.4, -0.2) is 7.11 Å². The van der Waals surface area contributed by atoms with Crippen LogP contribution in [0.1, 0.15) is 24.3 Å².